The lowest BCUT2D eigenvalue weighted by Crippen LogP contribution is -2.13. The lowest BCUT2D eigenvalue weighted by atomic mass is 10.1. The molecular formula is C14H10FN3O2. The van der Waals surface area contributed by atoms with Gasteiger partial charge in [-0.15, -0.1) is 0 Å². The third kappa shape index (κ3) is 2.42. The molecule has 0 atom stereocenters. The van der Waals surface area contributed by atoms with Crippen LogP contribution in [0.25, 0.3) is 0 Å². The van der Waals surface area contributed by atoms with E-state index in [9.17, 15) is 14.5 Å². The normalized spacial score (nSPS) is 9.85. The molecule has 20 heavy (non-hydrogen) atoms. The van der Waals surface area contributed by atoms with Crippen LogP contribution in [-0.2, 0) is 0 Å². The summed E-state index contributed by atoms with van der Waals surface area (Å²) < 4.78 is 13.4. The number of para-hydroxylation sites is 1. The van der Waals surface area contributed by atoms with Gasteiger partial charge in [-0.2, -0.15) is 5.26 Å². The molecule has 0 saturated carbocycles. The van der Waals surface area contributed by atoms with Gasteiger partial charge in [0.05, 0.1) is 16.2 Å². The maximum atomic E-state index is 13.4. The molecule has 0 heterocycles. The van der Waals surface area contributed by atoms with E-state index in [0.717, 1.165) is 18.2 Å². The summed E-state index contributed by atoms with van der Waals surface area (Å²) in [7, 11) is 1.55. The number of hydrogen-bond acceptors (Lipinski definition) is 4. The largest absolute Gasteiger partial charge is 0.338 e. The third-order valence-electron chi connectivity index (χ3n) is 2.88. The maximum absolute atomic E-state index is 13.4. The van der Waals surface area contributed by atoms with E-state index in [-0.39, 0.29) is 11.4 Å². The molecular weight excluding hydrogens is 261 g/mol. The third-order valence-corrected chi connectivity index (χ3v) is 2.88. The van der Waals surface area contributed by atoms with E-state index in [2.05, 4.69) is 0 Å². The highest BCUT2D eigenvalue weighted by atomic mass is 19.1. The molecule has 0 N–H and O–H groups in total. The van der Waals surface area contributed by atoms with Crippen LogP contribution >= 0.6 is 0 Å². The molecule has 100 valence electrons. The summed E-state index contributed by atoms with van der Waals surface area (Å²) in [4.78, 5) is 11.9. The van der Waals surface area contributed by atoms with Crippen LogP contribution in [0.15, 0.2) is 42.5 Å². The van der Waals surface area contributed by atoms with Gasteiger partial charge in [-0.3, -0.25) is 10.1 Å². The van der Waals surface area contributed by atoms with E-state index in [4.69, 9.17) is 5.26 Å². The first-order valence-electron chi connectivity index (χ1n) is 5.71. The van der Waals surface area contributed by atoms with Crippen LogP contribution in [0.2, 0.25) is 0 Å². The smallest absolute Gasteiger partial charge is 0.293 e. The van der Waals surface area contributed by atoms with Crippen LogP contribution in [0.5, 0.6) is 0 Å². The second kappa shape index (κ2) is 5.36. The van der Waals surface area contributed by atoms with Crippen LogP contribution < -0.4 is 4.90 Å². The fourth-order valence-electron chi connectivity index (χ4n) is 1.91. The van der Waals surface area contributed by atoms with Crippen molar-refractivity contribution in [3.63, 3.8) is 0 Å². The molecule has 0 amide bonds. The molecule has 0 aliphatic carbocycles. The summed E-state index contributed by atoms with van der Waals surface area (Å²) in [6.07, 6.45) is 0. The molecule has 2 aromatic carbocycles. The van der Waals surface area contributed by atoms with E-state index in [1.165, 1.54) is 4.90 Å². The Hall–Kier alpha value is -2.94. The first-order valence-corrected chi connectivity index (χ1v) is 5.71. The van der Waals surface area contributed by atoms with E-state index in [0.29, 0.717) is 11.3 Å². The molecule has 0 saturated heterocycles. The summed E-state index contributed by atoms with van der Waals surface area (Å²) in [5.74, 6) is -0.577. The standard InChI is InChI=1S/C14H10FN3O2/c1-17(12-5-3-2-4-10(12)9-16)14-8-11(15)6-7-13(14)18(19)20/h2-8H,1H3. The van der Waals surface area contributed by atoms with Crippen molar-refractivity contribution in [2.24, 2.45) is 0 Å². The second-order valence-electron chi connectivity index (χ2n) is 4.08. The fraction of sp³-hybridized carbons (Fsp3) is 0.0714. The number of benzene rings is 2. The average molecular weight is 271 g/mol. The highest BCUT2D eigenvalue weighted by molar-refractivity contribution is 5.74. The van der Waals surface area contributed by atoms with Crippen LogP contribution in [-0.4, -0.2) is 12.0 Å². The zero-order valence-corrected chi connectivity index (χ0v) is 10.6. The van der Waals surface area contributed by atoms with Crippen LogP contribution in [0.1, 0.15) is 5.56 Å². The Bertz CT molecular complexity index is 710. The SMILES string of the molecule is CN(c1ccccc1C#N)c1cc(F)ccc1[N+](=O)[O-]. The fourth-order valence-corrected chi connectivity index (χ4v) is 1.91. The molecule has 0 fully saturated rings. The number of nitriles is 1. The van der Waals surface area contributed by atoms with Gasteiger partial charge in [0.1, 0.15) is 17.6 Å². The quantitative estimate of drug-likeness (QED) is 0.633. The lowest BCUT2D eigenvalue weighted by Gasteiger charge is -2.20. The molecule has 5 nitrogen and oxygen atoms in total. The Morgan fingerprint density at radius 2 is 1.95 bits per heavy atom. The van der Waals surface area contributed by atoms with Gasteiger partial charge >= 0.3 is 0 Å². The molecule has 0 aliphatic rings. The molecule has 2 rings (SSSR count). The number of nitro benzene ring substituents is 1. The van der Waals surface area contributed by atoms with Crippen molar-refractivity contribution in [1.82, 2.24) is 0 Å². The number of rotatable bonds is 3. The monoisotopic (exact) mass is 271 g/mol. The Balaban J connectivity index is 2.59. The highest BCUT2D eigenvalue weighted by Gasteiger charge is 2.20. The van der Waals surface area contributed by atoms with Crippen molar-refractivity contribution < 1.29 is 9.31 Å². The molecule has 0 radical (unpaired) electrons. The van der Waals surface area contributed by atoms with E-state index < -0.39 is 10.7 Å². The zero-order chi connectivity index (χ0) is 14.7. The van der Waals surface area contributed by atoms with Gasteiger partial charge in [0, 0.05) is 19.2 Å². The Kier molecular flexibility index (Phi) is 3.62. The lowest BCUT2D eigenvalue weighted by molar-refractivity contribution is -0.384. The topological polar surface area (TPSA) is 70.2 Å². The minimum Gasteiger partial charge on any atom is -0.338 e. The molecule has 0 unspecified atom stereocenters. The summed E-state index contributed by atoms with van der Waals surface area (Å²) in [6.45, 7) is 0. The average Bonchev–Trinajstić information content (AvgIpc) is 2.46. The molecule has 0 bridgehead atoms. The van der Waals surface area contributed by atoms with Gasteiger partial charge in [-0.25, -0.2) is 4.39 Å². The first kappa shape index (κ1) is 13.5. The number of nitrogens with zero attached hydrogens (tertiary/aromatic N) is 3. The minimum atomic E-state index is -0.583. The van der Waals surface area contributed by atoms with Gasteiger partial charge in [0.25, 0.3) is 5.69 Å². The summed E-state index contributed by atoms with van der Waals surface area (Å²) in [6, 6.07) is 11.9. The number of halogens is 1. The van der Waals surface area contributed by atoms with Gasteiger partial charge in [-0.05, 0) is 18.2 Å². The van der Waals surface area contributed by atoms with E-state index >= 15 is 0 Å². The number of hydrogen-bond donors (Lipinski definition) is 0. The van der Waals surface area contributed by atoms with Crippen LogP contribution in [0, 0.1) is 27.3 Å². The predicted octanol–water partition coefficient (Wildman–Crippen LogP) is 3.37. The number of anilines is 2. The summed E-state index contributed by atoms with van der Waals surface area (Å²) >= 11 is 0. The Labute approximate surface area is 114 Å². The van der Waals surface area contributed by atoms with Gasteiger partial charge < -0.3 is 4.90 Å². The van der Waals surface area contributed by atoms with Crippen LogP contribution in [0.4, 0.5) is 21.5 Å². The van der Waals surface area contributed by atoms with E-state index in [1.54, 1.807) is 31.3 Å². The number of nitro groups is 1. The Morgan fingerprint density at radius 1 is 1.25 bits per heavy atom. The molecule has 0 aliphatic heterocycles. The first-order chi connectivity index (χ1) is 9.54. The van der Waals surface area contributed by atoms with Gasteiger partial charge in [0.2, 0.25) is 0 Å². The Morgan fingerprint density at radius 3 is 2.60 bits per heavy atom. The zero-order valence-electron chi connectivity index (χ0n) is 10.6. The molecule has 2 aromatic rings. The predicted molar refractivity (Wildman–Crippen MR) is 72.3 cm³/mol. The summed E-state index contributed by atoms with van der Waals surface area (Å²) in [5, 5.41) is 20.1. The molecule has 0 aromatic heterocycles. The summed E-state index contributed by atoms with van der Waals surface area (Å²) in [5.41, 5.74) is 0.705. The molecule has 0 spiro atoms. The van der Waals surface area contributed by atoms with Crippen molar-refractivity contribution in [2.75, 3.05) is 11.9 Å². The van der Waals surface area contributed by atoms with Crippen LogP contribution in [0.3, 0.4) is 0 Å². The highest BCUT2D eigenvalue weighted by Crippen LogP contribution is 2.34. The van der Waals surface area contributed by atoms with Gasteiger partial charge in [0.15, 0.2) is 0 Å². The van der Waals surface area contributed by atoms with E-state index in [1.807, 2.05) is 6.07 Å². The second-order valence-corrected chi connectivity index (χ2v) is 4.08. The van der Waals surface area contributed by atoms with Crippen molar-refractivity contribution >= 4 is 17.1 Å². The maximum Gasteiger partial charge on any atom is 0.293 e. The molecule has 6 heteroatoms. The van der Waals surface area contributed by atoms with Gasteiger partial charge in [-0.1, -0.05) is 12.1 Å². The van der Waals surface area contributed by atoms with Crippen molar-refractivity contribution in [1.29, 1.82) is 5.26 Å². The minimum absolute atomic E-state index is 0.0951. The van der Waals surface area contributed by atoms with Crippen molar-refractivity contribution in [2.45, 2.75) is 0 Å². The van der Waals surface area contributed by atoms with Crippen molar-refractivity contribution in [3.05, 3.63) is 64.0 Å². The van der Waals surface area contributed by atoms with Crippen molar-refractivity contribution in [3.8, 4) is 6.07 Å².